The molecule has 1 aliphatic rings. The molecule has 33 heavy (non-hydrogen) atoms. The molecule has 2 heterocycles. The van der Waals surface area contributed by atoms with Crippen LogP contribution in [0.1, 0.15) is 30.3 Å². The number of para-hydroxylation sites is 1. The molecule has 1 atom stereocenters. The molecule has 0 aliphatic carbocycles. The molecule has 2 aromatic carbocycles. The number of nitrogens with zero attached hydrogens (tertiary/aromatic N) is 4. The molecule has 0 saturated carbocycles. The highest BCUT2D eigenvalue weighted by Gasteiger charge is 2.29. The Balaban J connectivity index is 1.68. The normalized spacial score (nSPS) is 14.5. The SMILES string of the molecule is COc1cc(OC)cc([C@H](NC(=O)C2=NN(c3ccccc3)C(=O)CC2)c2nccn2C)c1. The van der Waals surface area contributed by atoms with Gasteiger partial charge in [0.1, 0.15) is 29.1 Å². The number of aryl methyl sites for hydroxylation is 1. The van der Waals surface area contributed by atoms with Crippen molar-refractivity contribution in [2.24, 2.45) is 12.1 Å². The number of aromatic nitrogens is 2. The fraction of sp³-hybridized carbons (Fsp3) is 0.250. The van der Waals surface area contributed by atoms with Crippen LogP contribution in [0.15, 0.2) is 66.0 Å². The molecule has 4 rings (SSSR count). The molecule has 1 N–H and O–H groups in total. The molecule has 170 valence electrons. The summed E-state index contributed by atoms with van der Waals surface area (Å²) in [5, 5.41) is 8.68. The van der Waals surface area contributed by atoms with Gasteiger partial charge in [-0.1, -0.05) is 18.2 Å². The largest absolute Gasteiger partial charge is 0.497 e. The van der Waals surface area contributed by atoms with Crippen molar-refractivity contribution in [2.45, 2.75) is 18.9 Å². The number of amides is 2. The van der Waals surface area contributed by atoms with Gasteiger partial charge in [0.15, 0.2) is 0 Å². The van der Waals surface area contributed by atoms with Gasteiger partial charge in [-0.3, -0.25) is 9.59 Å². The van der Waals surface area contributed by atoms with Crippen LogP contribution in [0.3, 0.4) is 0 Å². The minimum atomic E-state index is -0.591. The Labute approximate surface area is 191 Å². The van der Waals surface area contributed by atoms with Crippen LogP contribution in [0, 0.1) is 0 Å². The second-order valence-corrected chi connectivity index (χ2v) is 7.54. The van der Waals surface area contributed by atoms with E-state index in [1.807, 2.05) is 41.9 Å². The molecule has 0 unspecified atom stereocenters. The first-order chi connectivity index (χ1) is 16.0. The van der Waals surface area contributed by atoms with Crippen LogP contribution >= 0.6 is 0 Å². The molecule has 0 spiro atoms. The third-order valence-corrected chi connectivity index (χ3v) is 5.39. The summed E-state index contributed by atoms with van der Waals surface area (Å²) in [6.07, 6.45) is 3.92. The first-order valence-electron chi connectivity index (χ1n) is 10.5. The number of ether oxygens (including phenoxy) is 2. The number of anilines is 1. The summed E-state index contributed by atoms with van der Waals surface area (Å²) in [4.78, 5) is 30.2. The van der Waals surface area contributed by atoms with Crippen LogP contribution in [0.5, 0.6) is 11.5 Å². The number of hydrogen-bond acceptors (Lipinski definition) is 6. The summed E-state index contributed by atoms with van der Waals surface area (Å²) in [6.45, 7) is 0. The maximum absolute atomic E-state index is 13.3. The van der Waals surface area contributed by atoms with Gasteiger partial charge in [0.05, 0.1) is 19.9 Å². The summed E-state index contributed by atoms with van der Waals surface area (Å²) >= 11 is 0. The molecule has 0 fully saturated rings. The summed E-state index contributed by atoms with van der Waals surface area (Å²) in [7, 11) is 4.99. The Bertz CT molecular complexity index is 1170. The summed E-state index contributed by atoms with van der Waals surface area (Å²) in [6, 6.07) is 13.9. The third kappa shape index (κ3) is 4.72. The third-order valence-electron chi connectivity index (χ3n) is 5.39. The second-order valence-electron chi connectivity index (χ2n) is 7.54. The highest BCUT2D eigenvalue weighted by atomic mass is 16.5. The van der Waals surface area contributed by atoms with Crippen molar-refractivity contribution in [3.63, 3.8) is 0 Å². The number of rotatable bonds is 7. The Morgan fingerprint density at radius 1 is 1.06 bits per heavy atom. The molecule has 9 nitrogen and oxygen atoms in total. The first kappa shape index (κ1) is 22.1. The maximum Gasteiger partial charge on any atom is 0.268 e. The molecule has 2 amide bonds. The van der Waals surface area contributed by atoms with E-state index in [0.717, 1.165) is 5.56 Å². The van der Waals surface area contributed by atoms with E-state index in [1.165, 1.54) is 5.01 Å². The standard InChI is InChI=1S/C24H25N5O4/c1-28-12-11-25-23(28)22(16-13-18(32-2)15-19(14-16)33-3)26-24(31)20-9-10-21(30)29(27-20)17-7-5-4-6-8-17/h4-8,11-15,22H,9-10H2,1-3H3,(H,26,31)/t22-/m0/s1. The van der Waals surface area contributed by atoms with E-state index in [2.05, 4.69) is 15.4 Å². The quantitative estimate of drug-likeness (QED) is 0.601. The lowest BCUT2D eigenvalue weighted by Crippen LogP contribution is -2.41. The van der Waals surface area contributed by atoms with Gasteiger partial charge in [0, 0.05) is 38.3 Å². The Hall–Kier alpha value is -4.14. The number of hydrazone groups is 1. The van der Waals surface area contributed by atoms with Crippen LogP contribution in [0.4, 0.5) is 5.69 Å². The highest BCUT2D eigenvalue weighted by Crippen LogP contribution is 2.30. The molecule has 3 aromatic rings. The van der Waals surface area contributed by atoms with E-state index in [9.17, 15) is 9.59 Å². The zero-order valence-electron chi connectivity index (χ0n) is 18.7. The zero-order valence-corrected chi connectivity index (χ0v) is 18.7. The number of carbonyl (C=O) groups is 2. The van der Waals surface area contributed by atoms with E-state index >= 15 is 0 Å². The van der Waals surface area contributed by atoms with Gasteiger partial charge in [-0.15, -0.1) is 0 Å². The smallest absolute Gasteiger partial charge is 0.268 e. The van der Waals surface area contributed by atoms with Crippen LogP contribution in [-0.2, 0) is 16.6 Å². The van der Waals surface area contributed by atoms with Crippen LogP contribution in [0.2, 0.25) is 0 Å². The van der Waals surface area contributed by atoms with Gasteiger partial charge in [0.25, 0.3) is 5.91 Å². The van der Waals surface area contributed by atoms with Gasteiger partial charge < -0.3 is 19.4 Å². The monoisotopic (exact) mass is 447 g/mol. The van der Waals surface area contributed by atoms with Crippen molar-refractivity contribution in [1.82, 2.24) is 14.9 Å². The number of imidazole rings is 1. The molecule has 0 radical (unpaired) electrons. The van der Waals surface area contributed by atoms with Crippen molar-refractivity contribution in [3.05, 3.63) is 72.3 Å². The number of nitrogens with one attached hydrogen (secondary N) is 1. The number of benzene rings is 2. The van der Waals surface area contributed by atoms with Gasteiger partial charge in [-0.05, 0) is 29.8 Å². The Kier molecular flexibility index (Phi) is 6.39. The lowest BCUT2D eigenvalue weighted by molar-refractivity contribution is -0.119. The number of methoxy groups -OCH3 is 2. The summed E-state index contributed by atoms with van der Waals surface area (Å²) in [5.74, 6) is 1.28. The highest BCUT2D eigenvalue weighted by molar-refractivity contribution is 6.40. The predicted molar refractivity (Wildman–Crippen MR) is 123 cm³/mol. The fourth-order valence-corrected chi connectivity index (χ4v) is 3.65. The topological polar surface area (TPSA) is 98.1 Å². The van der Waals surface area contributed by atoms with Crippen molar-refractivity contribution in [2.75, 3.05) is 19.2 Å². The van der Waals surface area contributed by atoms with Crippen LogP contribution in [-0.4, -0.2) is 41.3 Å². The minimum absolute atomic E-state index is 0.157. The molecule has 1 aliphatic heterocycles. The molecule has 0 saturated heterocycles. The second kappa shape index (κ2) is 9.56. The molecule has 1 aromatic heterocycles. The number of hydrogen-bond donors (Lipinski definition) is 1. The average molecular weight is 447 g/mol. The van der Waals surface area contributed by atoms with Crippen molar-refractivity contribution < 1.29 is 19.1 Å². The van der Waals surface area contributed by atoms with E-state index in [0.29, 0.717) is 23.0 Å². The summed E-state index contributed by atoms with van der Waals surface area (Å²) in [5.41, 5.74) is 1.62. The zero-order chi connectivity index (χ0) is 23.4. The Morgan fingerprint density at radius 2 is 1.76 bits per heavy atom. The van der Waals surface area contributed by atoms with E-state index in [4.69, 9.17) is 9.47 Å². The Morgan fingerprint density at radius 3 is 2.36 bits per heavy atom. The van der Waals surface area contributed by atoms with Gasteiger partial charge in [0.2, 0.25) is 5.91 Å². The van der Waals surface area contributed by atoms with Crippen LogP contribution < -0.4 is 19.8 Å². The maximum atomic E-state index is 13.3. The molecule has 9 heteroatoms. The fourth-order valence-electron chi connectivity index (χ4n) is 3.65. The predicted octanol–water partition coefficient (Wildman–Crippen LogP) is 2.83. The van der Waals surface area contributed by atoms with E-state index in [-0.39, 0.29) is 30.4 Å². The van der Waals surface area contributed by atoms with E-state index < -0.39 is 6.04 Å². The van der Waals surface area contributed by atoms with Gasteiger partial charge in [-0.25, -0.2) is 9.99 Å². The lowest BCUT2D eigenvalue weighted by atomic mass is 10.0. The van der Waals surface area contributed by atoms with Gasteiger partial charge in [-0.2, -0.15) is 5.10 Å². The van der Waals surface area contributed by atoms with Crippen molar-refractivity contribution in [1.29, 1.82) is 0 Å². The number of carbonyl (C=O) groups excluding carboxylic acids is 2. The average Bonchev–Trinajstić information content (AvgIpc) is 3.28. The van der Waals surface area contributed by atoms with Crippen LogP contribution in [0.25, 0.3) is 0 Å². The lowest BCUT2D eigenvalue weighted by Gasteiger charge is -2.25. The molecular formula is C24H25N5O4. The molecule has 0 bridgehead atoms. The van der Waals surface area contributed by atoms with Crippen molar-refractivity contribution >= 4 is 23.2 Å². The van der Waals surface area contributed by atoms with Gasteiger partial charge >= 0.3 is 0 Å². The molecular weight excluding hydrogens is 422 g/mol. The van der Waals surface area contributed by atoms with Crippen molar-refractivity contribution in [3.8, 4) is 11.5 Å². The van der Waals surface area contributed by atoms with E-state index in [1.54, 1.807) is 44.8 Å². The summed E-state index contributed by atoms with van der Waals surface area (Å²) < 4.78 is 12.6. The first-order valence-corrected chi connectivity index (χ1v) is 10.5. The minimum Gasteiger partial charge on any atom is -0.497 e.